The number of rotatable bonds is 5. The van der Waals surface area contributed by atoms with Gasteiger partial charge in [0.15, 0.2) is 0 Å². The third-order valence-electron chi connectivity index (χ3n) is 3.55. The van der Waals surface area contributed by atoms with E-state index in [9.17, 15) is 0 Å². The third kappa shape index (κ3) is 2.56. The Hall–Kier alpha value is -1.35. The molecule has 3 heteroatoms. The summed E-state index contributed by atoms with van der Waals surface area (Å²) in [5.41, 5.74) is 2.43. The van der Waals surface area contributed by atoms with Crippen LogP contribution in [0, 0.1) is 5.92 Å². The highest BCUT2D eigenvalue weighted by Gasteiger charge is 2.29. The van der Waals surface area contributed by atoms with Crippen molar-refractivity contribution in [3.63, 3.8) is 0 Å². The van der Waals surface area contributed by atoms with Crippen LogP contribution in [0.4, 0.5) is 5.69 Å². The molecule has 1 aromatic heterocycles. The van der Waals surface area contributed by atoms with Gasteiger partial charge in [-0.2, -0.15) is 0 Å². The standard InChI is InChI=1S/C15H18N2S/c1-2-14(11-3-4-11)17-13-7-5-12(6-8-13)15-16-9-10-18-15/h5-11,14,17H,2-4H2,1H3. The highest BCUT2D eigenvalue weighted by Crippen LogP contribution is 2.35. The molecule has 0 amide bonds. The van der Waals surface area contributed by atoms with Crippen LogP contribution in [0.5, 0.6) is 0 Å². The minimum absolute atomic E-state index is 0.649. The highest BCUT2D eigenvalue weighted by atomic mass is 32.1. The maximum Gasteiger partial charge on any atom is 0.123 e. The summed E-state index contributed by atoms with van der Waals surface area (Å²) in [4.78, 5) is 4.33. The second-order valence-electron chi connectivity index (χ2n) is 4.91. The summed E-state index contributed by atoms with van der Waals surface area (Å²) in [6, 6.07) is 9.29. The van der Waals surface area contributed by atoms with E-state index in [1.54, 1.807) is 11.3 Å². The Bertz CT molecular complexity index is 486. The minimum Gasteiger partial charge on any atom is -0.382 e. The van der Waals surface area contributed by atoms with Crippen molar-refractivity contribution in [3.05, 3.63) is 35.8 Å². The van der Waals surface area contributed by atoms with E-state index in [-0.39, 0.29) is 0 Å². The Labute approximate surface area is 112 Å². The van der Waals surface area contributed by atoms with Gasteiger partial charge in [-0.05, 0) is 49.4 Å². The van der Waals surface area contributed by atoms with Gasteiger partial charge in [-0.3, -0.25) is 0 Å². The molecule has 1 atom stereocenters. The van der Waals surface area contributed by atoms with Crippen molar-refractivity contribution < 1.29 is 0 Å². The average Bonchev–Trinajstić information content (AvgIpc) is 3.11. The zero-order valence-corrected chi connectivity index (χ0v) is 11.4. The Morgan fingerprint density at radius 3 is 2.67 bits per heavy atom. The lowest BCUT2D eigenvalue weighted by molar-refractivity contribution is 0.616. The van der Waals surface area contributed by atoms with Crippen LogP contribution in [0.2, 0.25) is 0 Å². The Balaban J connectivity index is 1.70. The number of anilines is 1. The molecular formula is C15H18N2S. The molecule has 2 aromatic rings. The van der Waals surface area contributed by atoms with Crippen molar-refractivity contribution in [1.82, 2.24) is 4.98 Å². The molecule has 94 valence electrons. The topological polar surface area (TPSA) is 24.9 Å². The zero-order chi connectivity index (χ0) is 12.4. The molecule has 18 heavy (non-hydrogen) atoms. The lowest BCUT2D eigenvalue weighted by Gasteiger charge is -2.17. The van der Waals surface area contributed by atoms with Crippen LogP contribution in [0.1, 0.15) is 26.2 Å². The molecule has 0 spiro atoms. The molecular weight excluding hydrogens is 240 g/mol. The third-order valence-corrected chi connectivity index (χ3v) is 4.37. The quantitative estimate of drug-likeness (QED) is 0.859. The molecule has 1 aromatic carbocycles. The Morgan fingerprint density at radius 1 is 1.33 bits per heavy atom. The molecule has 0 bridgehead atoms. The van der Waals surface area contributed by atoms with Gasteiger partial charge in [-0.1, -0.05) is 6.92 Å². The van der Waals surface area contributed by atoms with Crippen LogP contribution in [0.15, 0.2) is 35.8 Å². The van der Waals surface area contributed by atoms with Gasteiger partial charge in [0.25, 0.3) is 0 Å². The van der Waals surface area contributed by atoms with Crippen LogP contribution in [0.3, 0.4) is 0 Å². The van der Waals surface area contributed by atoms with E-state index in [4.69, 9.17) is 0 Å². The smallest absolute Gasteiger partial charge is 0.123 e. The first kappa shape index (κ1) is 11.7. The fourth-order valence-corrected chi connectivity index (χ4v) is 2.99. The van der Waals surface area contributed by atoms with Crippen molar-refractivity contribution >= 4 is 17.0 Å². The van der Waals surface area contributed by atoms with E-state index in [1.807, 2.05) is 11.6 Å². The molecule has 1 fully saturated rings. The van der Waals surface area contributed by atoms with Crippen LogP contribution < -0.4 is 5.32 Å². The largest absolute Gasteiger partial charge is 0.382 e. The second kappa shape index (κ2) is 5.11. The number of benzene rings is 1. The van der Waals surface area contributed by atoms with Crippen molar-refractivity contribution in [3.8, 4) is 10.6 Å². The van der Waals surface area contributed by atoms with E-state index in [0.717, 1.165) is 10.9 Å². The number of nitrogens with one attached hydrogen (secondary N) is 1. The van der Waals surface area contributed by atoms with Crippen LogP contribution in [0.25, 0.3) is 10.6 Å². The van der Waals surface area contributed by atoms with Gasteiger partial charge < -0.3 is 5.32 Å². The summed E-state index contributed by atoms with van der Waals surface area (Å²) in [7, 11) is 0. The van der Waals surface area contributed by atoms with Crippen molar-refractivity contribution in [2.24, 2.45) is 5.92 Å². The van der Waals surface area contributed by atoms with E-state index >= 15 is 0 Å². The van der Waals surface area contributed by atoms with Crippen LogP contribution in [-0.4, -0.2) is 11.0 Å². The number of aromatic nitrogens is 1. The predicted octanol–water partition coefficient (Wildman–Crippen LogP) is 4.41. The van der Waals surface area contributed by atoms with Gasteiger partial charge in [0.2, 0.25) is 0 Å². The van der Waals surface area contributed by atoms with Gasteiger partial charge in [0.05, 0.1) is 0 Å². The van der Waals surface area contributed by atoms with Gasteiger partial charge >= 0.3 is 0 Å². The Morgan fingerprint density at radius 2 is 2.11 bits per heavy atom. The van der Waals surface area contributed by atoms with Crippen molar-refractivity contribution in [2.45, 2.75) is 32.2 Å². The average molecular weight is 258 g/mol. The molecule has 1 unspecified atom stereocenters. The molecule has 1 heterocycles. The maximum atomic E-state index is 4.33. The molecule has 1 aliphatic carbocycles. The SMILES string of the molecule is CCC(Nc1ccc(-c2nccs2)cc1)C1CC1. The fourth-order valence-electron chi connectivity index (χ4n) is 2.34. The molecule has 2 nitrogen and oxygen atoms in total. The predicted molar refractivity (Wildman–Crippen MR) is 78.0 cm³/mol. The summed E-state index contributed by atoms with van der Waals surface area (Å²) in [5, 5.41) is 6.76. The van der Waals surface area contributed by atoms with Gasteiger partial charge in [-0.25, -0.2) is 4.98 Å². The van der Waals surface area contributed by atoms with Crippen LogP contribution >= 0.6 is 11.3 Å². The lowest BCUT2D eigenvalue weighted by atomic mass is 10.1. The number of hydrogen-bond acceptors (Lipinski definition) is 3. The van der Waals surface area contributed by atoms with E-state index in [0.29, 0.717) is 6.04 Å². The maximum absolute atomic E-state index is 4.33. The molecule has 1 aliphatic rings. The minimum atomic E-state index is 0.649. The summed E-state index contributed by atoms with van der Waals surface area (Å²) in [5.74, 6) is 0.897. The first-order valence-electron chi connectivity index (χ1n) is 6.63. The second-order valence-corrected chi connectivity index (χ2v) is 5.81. The van der Waals surface area contributed by atoms with Gasteiger partial charge in [-0.15, -0.1) is 11.3 Å². The molecule has 3 rings (SSSR count). The molecule has 0 aliphatic heterocycles. The van der Waals surface area contributed by atoms with E-state index in [1.165, 1.54) is 30.5 Å². The molecule has 1 N–H and O–H groups in total. The summed E-state index contributed by atoms with van der Waals surface area (Å²) in [6.45, 7) is 2.26. The van der Waals surface area contributed by atoms with Crippen LogP contribution in [-0.2, 0) is 0 Å². The van der Waals surface area contributed by atoms with E-state index < -0.39 is 0 Å². The van der Waals surface area contributed by atoms with Crippen molar-refractivity contribution in [1.29, 1.82) is 0 Å². The summed E-state index contributed by atoms with van der Waals surface area (Å²) >= 11 is 1.68. The fraction of sp³-hybridized carbons (Fsp3) is 0.400. The number of hydrogen-bond donors (Lipinski definition) is 1. The highest BCUT2D eigenvalue weighted by molar-refractivity contribution is 7.13. The lowest BCUT2D eigenvalue weighted by Crippen LogP contribution is -2.20. The molecule has 0 saturated heterocycles. The van der Waals surface area contributed by atoms with Crippen molar-refractivity contribution in [2.75, 3.05) is 5.32 Å². The Kier molecular flexibility index (Phi) is 3.33. The summed E-state index contributed by atoms with van der Waals surface area (Å²) in [6.07, 6.45) is 5.84. The zero-order valence-electron chi connectivity index (χ0n) is 10.6. The first-order chi connectivity index (χ1) is 8.86. The van der Waals surface area contributed by atoms with E-state index in [2.05, 4.69) is 41.5 Å². The number of thiazole rings is 1. The first-order valence-corrected chi connectivity index (χ1v) is 7.51. The number of nitrogens with zero attached hydrogens (tertiary/aromatic N) is 1. The summed E-state index contributed by atoms with van der Waals surface area (Å²) < 4.78 is 0. The van der Waals surface area contributed by atoms with Gasteiger partial charge in [0, 0.05) is 28.9 Å². The normalized spacial score (nSPS) is 16.5. The molecule has 1 saturated carbocycles. The molecule has 0 radical (unpaired) electrons. The van der Waals surface area contributed by atoms with Gasteiger partial charge in [0.1, 0.15) is 5.01 Å². The monoisotopic (exact) mass is 258 g/mol.